The van der Waals surface area contributed by atoms with Crippen LogP contribution in [-0.4, -0.2) is 62.8 Å². The van der Waals surface area contributed by atoms with E-state index >= 15 is 0 Å². The molecule has 0 aromatic heterocycles. The smallest absolute Gasteiger partial charge is 0.417 e. The van der Waals surface area contributed by atoms with Gasteiger partial charge in [0, 0.05) is 26.1 Å². The molecule has 14 heteroatoms. The molecule has 338 valence electrons. The second-order valence-corrected chi connectivity index (χ2v) is 15.2. The molecule has 4 aromatic rings. The maximum Gasteiger partial charge on any atom is 0.417 e. The molecule has 0 fully saturated rings. The van der Waals surface area contributed by atoms with E-state index in [9.17, 15) is 35.9 Å². The van der Waals surface area contributed by atoms with E-state index in [0.717, 1.165) is 35.4 Å². The fraction of sp³-hybridized carbons (Fsp3) is 0.458. The van der Waals surface area contributed by atoms with E-state index in [-0.39, 0.29) is 38.3 Å². The van der Waals surface area contributed by atoms with Gasteiger partial charge in [0.25, 0.3) is 0 Å². The van der Waals surface area contributed by atoms with E-state index in [1.54, 1.807) is 90.1 Å². The first-order valence-corrected chi connectivity index (χ1v) is 20.9. The Morgan fingerprint density at radius 2 is 0.855 bits per heavy atom. The number of aryl methyl sites for hydroxylation is 2. The van der Waals surface area contributed by atoms with E-state index in [0.29, 0.717) is 61.5 Å². The maximum atomic E-state index is 14.4. The Kier molecular flexibility index (Phi) is 18.7. The number of hydrogen-bond acceptors (Lipinski definition) is 8. The van der Waals surface area contributed by atoms with Crippen molar-refractivity contribution in [2.45, 2.75) is 117 Å². The third-order valence-electron chi connectivity index (χ3n) is 9.48. The van der Waals surface area contributed by atoms with E-state index in [4.69, 9.17) is 28.4 Å². The summed E-state index contributed by atoms with van der Waals surface area (Å²) in [6.45, 7) is 11.6. The van der Waals surface area contributed by atoms with Gasteiger partial charge in [0.15, 0.2) is 12.2 Å². The molecular weight excluding hydrogens is 819 g/mol. The summed E-state index contributed by atoms with van der Waals surface area (Å²) in [6.07, 6.45) is -10.2. The first-order chi connectivity index (χ1) is 29.4. The van der Waals surface area contributed by atoms with Gasteiger partial charge >= 0.3 is 24.3 Å². The molecule has 4 rings (SSSR count). The summed E-state index contributed by atoms with van der Waals surface area (Å²) in [6, 6.07) is 20.8. The van der Waals surface area contributed by atoms with E-state index in [2.05, 4.69) is 0 Å². The highest BCUT2D eigenvalue weighted by molar-refractivity contribution is 5.76. The Labute approximate surface area is 359 Å². The van der Waals surface area contributed by atoms with Crippen molar-refractivity contribution < 1.29 is 64.4 Å². The Balaban J connectivity index is 1.35. The Morgan fingerprint density at radius 1 is 0.516 bits per heavy atom. The van der Waals surface area contributed by atoms with Crippen LogP contribution in [0.1, 0.15) is 87.8 Å². The second kappa shape index (κ2) is 23.4. The standard InChI is InChI=1S/C48H56F6O8/c1-7-57-43(45(55)61-31(3)4)29-35-13-19-37(20-14-35)59-25-9-11-33-17-23-39(41(27-33)47(49,50)51)40-24-18-34(28-42(40)48(52,53)54)12-10-26-60-38-21-15-36(16-22-38)30-44(58-8-2)46(56)62-32(5)6/h13-24,27-28,31-32,43-44H,7-12,25-26,29-30H2,1-6H3/t43-,44?/m0/s1. The van der Waals surface area contributed by atoms with Gasteiger partial charge < -0.3 is 28.4 Å². The largest absolute Gasteiger partial charge is 0.494 e. The average molecular weight is 875 g/mol. The third kappa shape index (κ3) is 15.7. The molecule has 2 atom stereocenters. The van der Waals surface area contributed by atoms with E-state index in [1.807, 2.05) is 0 Å². The number of carbonyl (C=O) groups is 2. The normalized spacial score (nSPS) is 12.9. The first-order valence-electron chi connectivity index (χ1n) is 20.9. The summed E-state index contributed by atoms with van der Waals surface area (Å²) in [5, 5.41) is 0. The minimum Gasteiger partial charge on any atom is -0.494 e. The van der Waals surface area contributed by atoms with Gasteiger partial charge in [-0.15, -0.1) is 0 Å². The zero-order valence-electron chi connectivity index (χ0n) is 36.0. The second-order valence-electron chi connectivity index (χ2n) is 15.2. The van der Waals surface area contributed by atoms with E-state index < -0.39 is 58.8 Å². The monoisotopic (exact) mass is 874 g/mol. The summed E-state index contributed by atoms with van der Waals surface area (Å²) < 4.78 is 120. The van der Waals surface area contributed by atoms with Crippen molar-refractivity contribution in [1.29, 1.82) is 0 Å². The number of esters is 2. The van der Waals surface area contributed by atoms with Crippen LogP contribution in [0.4, 0.5) is 26.3 Å². The lowest BCUT2D eigenvalue weighted by molar-refractivity contribution is -0.161. The highest BCUT2D eigenvalue weighted by atomic mass is 19.4. The van der Waals surface area contributed by atoms with Crippen molar-refractivity contribution in [1.82, 2.24) is 0 Å². The van der Waals surface area contributed by atoms with Crippen LogP contribution < -0.4 is 9.47 Å². The number of carbonyl (C=O) groups excluding carboxylic acids is 2. The third-order valence-corrected chi connectivity index (χ3v) is 9.48. The van der Waals surface area contributed by atoms with Crippen LogP contribution >= 0.6 is 0 Å². The van der Waals surface area contributed by atoms with Gasteiger partial charge in [-0.2, -0.15) is 26.3 Å². The van der Waals surface area contributed by atoms with Crippen LogP contribution in [0.2, 0.25) is 0 Å². The first kappa shape index (κ1) is 49.6. The molecule has 0 N–H and O–H groups in total. The number of hydrogen-bond donors (Lipinski definition) is 0. The maximum absolute atomic E-state index is 14.4. The van der Waals surface area contributed by atoms with Gasteiger partial charge in [-0.1, -0.05) is 48.5 Å². The molecule has 0 spiro atoms. The molecule has 0 aliphatic heterocycles. The Morgan fingerprint density at radius 3 is 1.16 bits per heavy atom. The number of alkyl halides is 6. The van der Waals surface area contributed by atoms with Crippen LogP contribution in [0.15, 0.2) is 84.9 Å². The molecule has 0 radical (unpaired) electrons. The predicted molar refractivity (Wildman–Crippen MR) is 223 cm³/mol. The minimum absolute atomic E-state index is 0.176. The molecule has 62 heavy (non-hydrogen) atoms. The fourth-order valence-electron chi connectivity index (χ4n) is 6.68. The Hall–Kier alpha value is -5.08. The Bertz CT molecular complexity index is 1870. The molecular formula is C48H56F6O8. The molecule has 4 aromatic carbocycles. The van der Waals surface area contributed by atoms with Crippen molar-refractivity contribution in [2.75, 3.05) is 26.4 Å². The van der Waals surface area contributed by atoms with Gasteiger partial charge in [0.1, 0.15) is 11.5 Å². The van der Waals surface area contributed by atoms with Crippen LogP contribution in [-0.2, 0) is 66.6 Å². The highest BCUT2D eigenvalue weighted by Crippen LogP contribution is 2.43. The molecule has 0 saturated heterocycles. The van der Waals surface area contributed by atoms with Crippen LogP contribution in [0.3, 0.4) is 0 Å². The average Bonchev–Trinajstić information content (AvgIpc) is 3.20. The van der Waals surface area contributed by atoms with Crippen molar-refractivity contribution in [3.8, 4) is 22.6 Å². The molecule has 0 saturated carbocycles. The quantitative estimate of drug-likeness (QED) is 0.0414. The number of benzene rings is 4. The zero-order valence-corrected chi connectivity index (χ0v) is 36.0. The summed E-state index contributed by atoms with van der Waals surface area (Å²) in [5.41, 5.74) is -1.19. The molecule has 0 amide bonds. The molecule has 0 aliphatic rings. The summed E-state index contributed by atoms with van der Waals surface area (Å²) in [7, 11) is 0. The van der Waals surface area contributed by atoms with Crippen LogP contribution in [0, 0.1) is 0 Å². The lowest BCUT2D eigenvalue weighted by Gasteiger charge is -2.19. The van der Waals surface area contributed by atoms with Crippen molar-refractivity contribution >= 4 is 11.9 Å². The summed E-state index contributed by atoms with van der Waals surface area (Å²) in [5.74, 6) is 0.147. The number of rotatable bonds is 23. The fourth-order valence-corrected chi connectivity index (χ4v) is 6.68. The van der Waals surface area contributed by atoms with Crippen molar-refractivity contribution in [3.05, 3.63) is 118 Å². The SMILES string of the molecule is CCOC(Cc1ccc(OCCCc2ccc(-c3ccc(CCCOc4ccc(C[C@H](OCC)C(=O)OC(C)C)cc4)cc3C(F)(F)F)c(C(F)(F)F)c2)cc1)C(=O)OC(C)C. The summed E-state index contributed by atoms with van der Waals surface area (Å²) in [4.78, 5) is 24.8. The predicted octanol–water partition coefficient (Wildman–Crippen LogP) is 11.2. The summed E-state index contributed by atoms with van der Waals surface area (Å²) >= 11 is 0. The molecule has 0 aliphatic carbocycles. The highest BCUT2D eigenvalue weighted by Gasteiger charge is 2.39. The lowest BCUT2D eigenvalue weighted by Crippen LogP contribution is -2.30. The van der Waals surface area contributed by atoms with Gasteiger partial charge in [-0.05, 0) is 137 Å². The van der Waals surface area contributed by atoms with Gasteiger partial charge in [-0.25, -0.2) is 9.59 Å². The van der Waals surface area contributed by atoms with E-state index in [1.165, 1.54) is 12.1 Å². The number of halogens is 6. The van der Waals surface area contributed by atoms with Crippen molar-refractivity contribution in [2.24, 2.45) is 0 Å². The molecule has 0 heterocycles. The minimum atomic E-state index is -4.92. The molecule has 8 nitrogen and oxygen atoms in total. The van der Waals surface area contributed by atoms with Gasteiger partial charge in [-0.3, -0.25) is 0 Å². The lowest BCUT2D eigenvalue weighted by atomic mass is 9.91. The topological polar surface area (TPSA) is 89.5 Å². The molecule has 1 unspecified atom stereocenters. The van der Waals surface area contributed by atoms with Crippen LogP contribution in [0.5, 0.6) is 11.5 Å². The molecule has 0 bridgehead atoms. The van der Waals surface area contributed by atoms with Crippen molar-refractivity contribution in [3.63, 3.8) is 0 Å². The number of ether oxygens (including phenoxy) is 6. The van der Waals surface area contributed by atoms with Gasteiger partial charge in [0.2, 0.25) is 0 Å². The van der Waals surface area contributed by atoms with Gasteiger partial charge in [0.05, 0.1) is 36.5 Å². The van der Waals surface area contributed by atoms with Crippen LogP contribution in [0.25, 0.3) is 11.1 Å². The zero-order chi connectivity index (χ0) is 45.5.